The third kappa shape index (κ3) is 2.49. The molecule has 0 aromatic rings. The lowest BCUT2D eigenvalue weighted by atomic mass is 9.90. The van der Waals surface area contributed by atoms with Crippen LogP contribution >= 0.6 is 0 Å². The summed E-state index contributed by atoms with van der Waals surface area (Å²) < 4.78 is 0. The predicted molar refractivity (Wildman–Crippen MR) is 69.6 cm³/mol. The van der Waals surface area contributed by atoms with Crippen molar-refractivity contribution in [3.05, 3.63) is 12.2 Å². The molecule has 1 aliphatic carbocycles. The summed E-state index contributed by atoms with van der Waals surface area (Å²) >= 11 is 0. The van der Waals surface area contributed by atoms with Gasteiger partial charge in [0.2, 0.25) is 0 Å². The van der Waals surface area contributed by atoms with Gasteiger partial charge in [0, 0.05) is 31.2 Å². The highest BCUT2D eigenvalue weighted by Crippen LogP contribution is 2.41. The van der Waals surface area contributed by atoms with Gasteiger partial charge >= 0.3 is 0 Å². The monoisotopic (exact) mass is 222 g/mol. The fourth-order valence-electron chi connectivity index (χ4n) is 2.94. The van der Waals surface area contributed by atoms with Crippen LogP contribution in [-0.4, -0.2) is 36.1 Å². The molecule has 92 valence electrons. The lowest BCUT2D eigenvalue weighted by Gasteiger charge is -2.46. The molecule has 2 aliphatic rings. The first-order valence-corrected chi connectivity index (χ1v) is 6.80. The summed E-state index contributed by atoms with van der Waals surface area (Å²) in [6, 6.07) is 0.725. The highest BCUT2D eigenvalue weighted by molar-refractivity contribution is 5.04. The number of hydrogen-bond donors (Lipinski definition) is 1. The first kappa shape index (κ1) is 12.1. The summed E-state index contributed by atoms with van der Waals surface area (Å²) in [5, 5.41) is 3.80. The Kier molecular flexibility index (Phi) is 3.70. The summed E-state index contributed by atoms with van der Waals surface area (Å²) in [5.74, 6) is 0.929. The minimum atomic E-state index is 0.382. The van der Waals surface area contributed by atoms with Crippen LogP contribution in [0.1, 0.15) is 40.0 Å². The van der Waals surface area contributed by atoms with Gasteiger partial charge < -0.3 is 5.32 Å². The molecule has 2 nitrogen and oxygen atoms in total. The largest absolute Gasteiger partial charge is 0.308 e. The lowest BCUT2D eigenvalue weighted by Crippen LogP contribution is -2.63. The van der Waals surface area contributed by atoms with Crippen molar-refractivity contribution in [2.45, 2.75) is 51.6 Å². The van der Waals surface area contributed by atoms with Gasteiger partial charge in [-0.15, -0.1) is 0 Å². The van der Waals surface area contributed by atoms with Crippen LogP contribution in [0.3, 0.4) is 0 Å². The molecule has 0 bridgehead atoms. The van der Waals surface area contributed by atoms with Crippen LogP contribution in [0.25, 0.3) is 0 Å². The SMILES string of the molecule is C/C=C/CN1CC(C)(C2CC2)NCC1CC. The van der Waals surface area contributed by atoms with E-state index in [-0.39, 0.29) is 0 Å². The second kappa shape index (κ2) is 4.89. The van der Waals surface area contributed by atoms with Gasteiger partial charge in [-0.05, 0) is 39.0 Å². The fraction of sp³-hybridized carbons (Fsp3) is 0.857. The Bertz CT molecular complexity index is 257. The molecule has 0 spiro atoms. The maximum atomic E-state index is 3.80. The second-order valence-electron chi connectivity index (χ2n) is 5.63. The molecule has 1 aliphatic heterocycles. The van der Waals surface area contributed by atoms with E-state index in [1.807, 2.05) is 0 Å². The molecule has 0 radical (unpaired) electrons. The first-order valence-electron chi connectivity index (χ1n) is 6.80. The zero-order valence-corrected chi connectivity index (χ0v) is 11.0. The summed E-state index contributed by atoms with van der Waals surface area (Å²) in [5.41, 5.74) is 0.382. The van der Waals surface area contributed by atoms with Crippen LogP contribution in [0.4, 0.5) is 0 Å². The maximum Gasteiger partial charge on any atom is 0.0309 e. The first-order chi connectivity index (χ1) is 7.69. The van der Waals surface area contributed by atoms with Crippen molar-refractivity contribution < 1.29 is 0 Å². The molecule has 2 fully saturated rings. The van der Waals surface area contributed by atoms with Crippen LogP contribution in [-0.2, 0) is 0 Å². The Morgan fingerprint density at radius 3 is 2.75 bits per heavy atom. The molecule has 0 amide bonds. The Hall–Kier alpha value is -0.340. The van der Waals surface area contributed by atoms with Gasteiger partial charge in [-0.1, -0.05) is 19.1 Å². The van der Waals surface area contributed by atoms with E-state index in [0.717, 1.165) is 18.5 Å². The number of allylic oxidation sites excluding steroid dienone is 1. The Balaban J connectivity index is 1.99. The normalized spacial score (nSPS) is 37.1. The molecular formula is C14H26N2. The zero-order chi connectivity index (χ0) is 11.6. The Labute approximate surface area is 100 Å². The van der Waals surface area contributed by atoms with Crippen molar-refractivity contribution in [1.82, 2.24) is 10.2 Å². The Morgan fingerprint density at radius 2 is 2.19 bits per heavy atom. The van der Waals surface area contributed by atoms with Crippen molar-refractivity contribution in [1.29, 1.82) is 0 Å². The zero-order valence-electron chi connectivity index (χ0n) is 11.0. The van der Waals surface area contributed by atoms with E-state index in [1.165, 1.54) is 32.4 Å². The minimum absolute atomic E-state index is 0.382. The van der Waals surface area contributed by atoms with E-state index in [0.29, 0.717) is 5.54 Å². The van der Waals surface area contributed by atoms with Crippen LogP contribution in [0.2, 0.25) is 0 Å². The molecule has 2 heteroatoms. The molecule has 1 saturated carbocycles. The van der Waals surface area contributed by atoms with Crippen LogP contribution < -0.4 is 5.32 Å². The van der Waals surface area contributed by atoms with Gasteiger partial charge in [0.25, 0.3) is 0 Å². The molecular weight excluding hydrogens is 196 g/mol. The molecule has 0 aromatic carbocycles. The van der Waals surface area contributed by atoms with Crippen molar-refractivity contribution in [2.24, 2.45) is 5.92 Å². The van der Waals surface area contributed by atoms with Gasteiger partial charge in [0.15, 0.2) is 0 Å². The number of piperazine rings is 1. The molecule has 1 saturated heterocycles. The van der Waals surface area contributed by atoms with Crippen molar-refractivity contribution >= 4 is 0 Å². The van der Waals surface area contributed by atoms with E-state index >= 15 is 0 Å². The van der Waals surface area contributed by atoms with E-state index in [1.54, 1.807) is 0 Å². The molecule has 1 heterocycles. The average molecular weight is 222 g/mol. The molecule has 2 atom stereocenters. The van der Waals surface area contributed by atoms with Crippen molar-refractivity contribution in [2.75, 3.05) is 19.6 Å². The van der Waals surface area contributed by atoms with Crippen molar-refractivity contribution in [3.63, 3.8) is 0 Å². The van der Waals surface area contributed by atoms with Crippen LogP contribution in [0.15, 0.2) is 12.2 Å². The van der Waals surface area contributed by atoms with Crippen LogP contribution in [0, 0.1) is 5.92 Å². The van der Waals surface area contributed by atoms with E-state index in [2.05, 4.69) is 43.1 Å². The van der Waals surface area contributed by atoms with Gasteiger partial charge in [-0.2, -0.15) is 0 Å². The predicted octanol–water partition coefficient (Wildman–Crippen LogP) is 2.42. The summed E-state index contributed by atoms with van der Waals surface area (Å²) in [6.07, 6.45) is 8.57. The number of hydrogen-bond acceptors (Lipinski definition) is 2. The quantitative estimate of drug-likeness (QED) is 0.735. The third-order valence-electron chi connectivity index (χ3n) is 4.31. The van der Waals surface area contributed by atoms with E-state index in [4.69, 9.17) is 0 Å². The van der Waals surface area contributed by atoms with Crippen LogP contribution in [0.5, 0.6) is 0 Å². The lowest BCUT2D eigenvalue weighted by molar-refractivity contribution is 0.0834. The van der Waals surface area contributed by atoms with Gasteiger partial charge in [0.05, 0.1) is 0 Å². The highest BCUT2D eigenvalue weighted by atomic mass is 15.3. The van der Waals surface area contributed by atoms with Gasteiger partial charge in [0.1, 0.15) is 0 Å². The topological polar surface area (TPSA) is 15.3 Å². The Morgan fingerprint density at radius 1 is 1.44 bits per heavy atom. The smallest absolute Gasteiger partial charge is 0.0309 e. The molecule has 0 aromatic heterocycles. The third-order valence-corrected chi connectivity index (χ3v) is 4.31. The molecule has 1 N–H and O–H groups in total. The van der Waals surface area contributed by atoms with E-state index < -0.39 is 0 Å². The van der Waals surface area contributed by atoms with Crippen molar-refractivity contribution in [3.8, 4) is 0 Å². The van der Waals surface area contributed by atoms with E-state index in [9.17, 15) is 0 Å². The summed E-state index contributed by atoms with van der Waals surface area (Å²) in [7, 11) is 0. The summed E-state index contributed by atoms with van der Waals surface area (Å²) in [4.78, 5) is 2.66. The van der Waals surface area contributed by atoms with Gasteiger partial charge in [-0.25, -0.2) is 0 Å². The maximum absolute atomic E-state index is 3.80. The van der Waals surface area contributed by atoms with Gasteiger partial charge in [-0.3, -0.25) is 4.90 Å². The minimum Gasteiger partial charge on any atom is -0.308 e. The summed E-state index contributed by atoms with van der Waals surface area (Å²) in [6.45, 7) is 10.3. The average Bonchev–Trinajstić information content (AvgIpc) is 3.10. The number of nitrogens with one attached hydrogen (secondary N) is 1. The fourth-order valence-corrected chi connectivity index (χ4v) is 2.94. The number of nitrogens with zero attached hydrogens (tertiary/aromatic N) is 1. The molecule has 2 rings (SSSR count). The second-order valence-corrected chi connectivity index (χ2v) is 5.63. The highest BCUT2D eigenvalue weighted by Gasteiger charge is 2.45. The molecule has 2 unspecified atom stereocenters. The number of rotatable bonds is 4. The molecule has 16 heavy (non-hydrogen) atoms. The standard InChI is InChI=1S/C14H26N2/c1-4-6-9-16-11-14(3,12-7-8-12)15-10-13(16)5-2/h4,6,12-13,15H,5,7-11H2,1-3H3/b6-4+.